The van der Waals surface area contributed by atoms with Crippen molar-refractivity contribution in [1.82, 2.24) is 10.2 Å². The molecule has 0 aromatic heterocycles. The Morgan fingerprint density at radius 3 is 2.21 bits per heavy atom. The van der Waals surface area contributed by atoms with E-state index in [1.165, 1.54) is 11.9 Å². The number of nitrogens with zero attached hydrogens (tertiary/aromatic N) is 2. The third-order valence-electron chi connectivity index (χ3n) is 6.33. The lowest BCUT2D eigenvalue weighted by Crippen LogP contribution is -2.52. The van der Waals surface area contributed by atoms with Crippen molar-refractivity contribution >= 4 is 50.7 Å². The van der Waals surface area contributed by atoms with Gasteiger partial charge >= 0.3 is 0 Å². The fourth-order valence-electron chi connectivity index (χ4n) is 4.05. The van der Waals surface area contributed by atoms with E-state index in [1.807, 2.05) is 44.2 Å². The normalized spacial score (nSPS) is 12.1. The highest BCUT2D eigenvalue weighted by atomic mass is 35.5. The molecule has 0 aliphatic rings. The Balaban J connectivity index is 2.06. The second-order valence-electron chi connectivity index (χ2n) is 9.12. The second-order valence-corrected chi connectivity index (χ2v) is 11.9. The van der Waals surface area contributed by atoms with Gasteiger partial charge < -0.3 is 10.2 Å². The highest BCUT2D eigenvalue weighted by molar-refractivity contribution is 7.92. The van der Waals surface area contributed by atoms with Gasteiger partial charge in [-0.3, -0.25) is 13.9 Å². The number of amides is 2. The van der Waals surface area contributed by atoms with Gasteiger partial charge in [0.2, 0.25) is 21.8 Å². The molecule has 38 heavy (non-hydrogen) atoms. The zero-order valence-corrected chi connectivity index (χ0v) is 24.1. The summed E-state index contributed by atoms with van der Waals surface area (Å²) in [5, 5.41) is 3.41. The number of hydrogen-bond donors (Lipinski definition) is 1. The summed E-state index contributed by atoms with van der Waals surface area (Å²) < 4.78 is 26.7. The van der Waals surface area contributed by atoms with Crippen LogP contribution in [0.5, 0.6) is 0 Å². The van der Waals surface area contributed by atoms with Gasteiger partial charge in [-0.25, -0.2) is 8.42 Å². The number of halogens is 2. The molecule has 0 saturated heterocycles. The first-order valence-corrected chi connectivity index (χ1v) is 14.5. The summed E-state index contributed by atoms with van der Waals surface area (Å²) >= 11 is 12.5. The van der Waals surface area contributed by atoms with E-state index in [9.17, 15) is 18.0 Å². The number of benzene rings is 3. The summed E-state index contributed by atoms with van der Waals surface area (Å²) in [6.07, 6.45) is 1.27. The van der Waals surface area contributed by atoms with E-state index in [1.54, 1.807) is 36.4 Å². The lowest BCUT2D eigenvalue weighted by atomic mass is 10.0. The molecule has 3 aromatic carbocycles. The minimum absolute atomic E-state index is 0.0235. The van der Waals surface area contributed by atoms with Crippen molar-refractivity contribution in [3.8, 4) is 0 Å². The Hall–Kier alpha value is -3.07. The molecule has 1 atom stereocenters. The predicted octanol–water partition coefficient (Wildman–Crippen LogP) is 4.76. The van der Waals surface area contributed by atoms with Crippen molar-refractivity contribution in [2.75, 3.05) is 24.2 Å². The minimum atomic E-state index is -3.83. The van der Waals surface area contributed by atoms with Gasteiger partial charge in [-0.05, 0) is 60.4 Å². The molecule has 7 nitrogen and oxygen atoms in total. The number of hydrogen-bond acceptors (Lipinski definition) is 4. The topological polar surface area (TPSA) is 86.8 Å². The molecule has 2 amide bonds. The molecule has 3 aromatic rings. The van der Waals surface area contributed by atoms with Gasteiger partial charge in [0.25, 0.3) is 0 Å². The van der Waals surface area contributed by atoms with Crippen LogP contribution in [0.3, 0.4) is 0 Å². The monoisotopic (exact) mass is 575 g/mol. The largest absolute Gasteiger partial charge is 0.357 e. The number of likely N-dealkylation sites (N-methyl/N-ethyl adjacent to an activating group) is 1. The van der Waals surface area contributed by atoms with Gasteiger partial charge in [0.05, 0.1) is 11.9 Å². The standard InChI is InChI=1S/C28H31Cl2N3O4S/c1-19-10-13-24(14-20(19)2)33(38(4,36)37)18-27(34)32(17-22-11-12-23(29)16-25(22)30)26(28(35)31-3)15-21-8-6-5-7-9-21/h5-14,16,26H,15,17-18H2,1-4H3,(H,31,35). The van der Waals surface area contributed by atoms with E-state index in [0.717, 1.165) is 27.3 Å². The third-order valence-corrected chi connectivity index (χ3v) is 8.06. The van der Waals surface area contributed by atoms with Gasteiger partial charge in [-0.15, -0.1) is 0 Å². The van der Waals surface area contributed by atoms with Gasteiger partial charge in [0.15, 0.2) is 0 Å². The van der Waals surface area contributed by atoms with E-state index < -0.39 is 28.5 Å². The molecule has 0 bridgehead atoms. The smallest absolute Gasteiger partial charge is 0.244 e. The summed E-state index contributed by atoms with van der Waals surface area (Å²) in [6.45, 7) is 3.28. The molecule has 0 spiro atoms. The highest BCUT2D eigenvalue weighted by Crippen LogP contribution is 2.26. The number of carbonyl (C=O) groups is 2. The van der Waals surface area contributed by atoms with Crippen molar-refractivity contribution in [2.24, 2.45) is 0 Å². The molecule has 0 heterocycles. The van der Waals surface area contributed by atoms with Crippen LogP contribution < -0.4 is 9.62 Å². The summed E-state index contributed by atoms with van der Waals surface area (Å²) in [4.78, 5) is 28.4. The van der Waals surface area contributed by atoms with Crippen LogP contribution in [0.25, 0.3) is 0 Å². The van der Waals surface area contributed by atoms with Gasteiger partial charge in [-0.2, -0.15) is 0 Å². The first-order chi connectivity index (χ1) is 17.9. The van der Waals surface area contributed by atoms with Crippen molar-refractivity contribution in [3.05, 3.63) is 99.0 Å². The summed E-state index contributed by atoms with van der Waals surface area (Å²) in [7, 11) is -2.34. The Morgan fingerprint density at radius 2 is 1.63 bits per heavy atom. The van der Waals surface area contributed by atoms with E-state index in [0.29, 0.717) is 21.3 Å². The van der Waals surface area contributed by atoms with Crippen molar-refractivity contribution in [2.45, 2.75) is 32.9 Å². The van der Waals surface area contributed by atoms with Crippen LogP contribution >= 0.6 is 23.2 Å². The number of nitrogens with one attached hydrogen (secondary N) is 1. The Morgan fingerprint density at radius 1 is 0.947 bits per heavy atom. The molecule has 3 rings (SSSR count). The maximum absolute atomic E-state index is 13.9. The first-order valence-electron chi connectivity index (χ1n) is 11.9. The average Bonchev–Trinajstić information content (AvgIpc) is 2.87. The van der Waals surface area contributed by atoms with Crippen molar-refractivity contribution in [3.63, 3.8) is 0 Å². The lowest BCUT2D eigenvalue weighted by molar-refractivity contribution is -0.139. The molecule has 0 fully saturated rings. The zero-order chi connectivity index (χ0) is 28.0. The lowest BCUT2D eigenvalue weighted by Gasteiger charge is -2.33. The molecule has 0 radical (unpaired) electrons. The number of anilines is 1. The van der Waals surface area contributed by atoms with E-state index in [2.05, 4.69) is 5.32 Å². The minimum Gasteiger partial charge on any atom is -0.357 e. The maximum atomic E-state index is 13.9. The third kappa shape index (κ3) is 7.49. The molecular weight excluding hydrogens is 545 g/mol. The Kier molecular flexibility index (Phi) is 9.82. The van der Waals surface area contributed by atoms with Gasteiger partial charge in [-0.1, -0.05) is 65.7 Å². The molecule has 1 N–H and O–H groups in total. The van der Waals surface area contributed by atoms with Crippen LogP contribution in [0.4, 0.5) is 5.69 Å². The van der Waals surface area contributed by atoms with Crippen LogP contribution in [-0.2, 0) is 32.6 Å². The molecule has 10 heteroatoms. The Labute approximate surface area is 234 Å². The number of sulfonamides is 1. The van der Waals surface area contributed by atoms with Crippen molar-refractivity contribution in [1.29, 1.82) is 0 Å². The molecule has 1 unspecified atom stereocenters. The van der Waals surface area contributed by atoms with E-state index >= 15 is 0 Å². The second kappa shape index (κ2) is 12.7. The summed E-state index contributed by atoms with van der Waals surface area (Å²) in [5.74, 6) is -0.937. The summed E-state index contributed by atoms with van der Waals surface area (Å²) in [5.41, 5.74) is 3.67. The highest BCUT2D eigenvalue weighted by Gasteiger charge is 2.33. The van der Waals surface area contributed by atoms with Crippen molar-refractivity contribution < 1.29 is 18.0 Å². The van der Waals surface area contributed by atoms with Crippen LogP contribution in [0.1, 0.15) is 22.3 Å². The SMILES string of the molecule is CNC(=O)C(Cc1ccccc1)N(Cc1ccc(Cl)cc1Cl)C(=O)CN(c1ccc(C)c(C)c1)S(C)(=O)=O. The van der Waals surface area contributed by atoms with Crippen LogP contribution in [0.2, 0.25) is 10.0 Å². The maximum Gasteiger partial charge on any atom is 0.244 e. The quantitative estimate of drug-likeness (QED) is 0.377. The van der Waals surface area contributed by atoms with Crippen LogP contribution in [0.15, 0.2) is 66.7 Å². The number of rotatable bonds is 10. The number of aryl methyl sites for hydroxylation is 2. The Bertz CT molecular complexity index is 1410. The molecular formula is C28H31Cl2N3O4S. The van der Waals surface area contributed by atoms with E-state index in [4.69, 9.17) is 23.2 Å². The molecule has 0 saturated carbocycles. The summed E-state index contributed by atoms with van der Waals surface area (Å²) in [6, 6.07) is 18.5. The molecule has 202 valence electrons. The van der Waals surface area contributed by atoms with Crippen LogP contribution in [-0.4, -0.2) is 51.0 Å². The van der Waals surface area contributed by atoms with Gasteiger partial charge in [0.1, 0.15) is 12.6 Å². The average molecular weight is 577 g/mol. The van der Waals surface area contributed by atoms with Gasteiger partial charge in [0, 0.05) is 30.1 Å². The fourth-order valence-corrected chi connectivity index (χ4v) is 5.36. The van der Waals surface area contributed by atoms with E-state index in [-0.39, 0.29) is 18.9 Å². The fraction of sp³-hybridized carbons (Fsp3) is 0.286. The zero-order valence-electron chi connectivity index (χ0n) is 21.7. The molecule has 0 aliphatic carbocycles. The predicted molar refractivity (Wildman–Crippen MR) is 153 cm³/mol. The number of carbonyl (C=O) groups excluding carboxylic acids is 2. The molecule has 0 aliphatic heterocycles. The van der Waals surface area contributed by atoms with Crippen LogP contribution in [0, 0.1) is 13.8 Å². The first kappa shape index (κ1) is 29.5.